The molecule has 8 nitrogen and oxygen atoms in total. The number of likely N-dealkylation sites (tertiary alicyclic amines) is 1. The monoisotopic (exact) mass is 346 g/mol. The normalized spacial score (nSPS) is 16.9. The summed E-state index contributed by atoms with van der Waals surface area (Å²) in [5.74, 6) is 1.45. The lowest BCUT2D eigenvalue weighted by atomic mass is 10.2. The third kappa shape index (κ3) is 3.74. The molecule has 1 aromatic heterocycles. The van der Waals surface area contributed by atoms with Gasteiger partial charge in [0.05, 0.1) is 25.4 Å². The van der Waals surface area contributed by atoms with E-state index in [2.05, 4.69) is 15.5 Å². The maximum absolute atomic E-state index is 12.7. The van der Waals surface area contributed by atoms with Crippen molar-refractivity contribution in [2.75, 3.05) is 32.7 Å². The van der Waals surface area contributed by atoms with Gasteiger partial charge in [0.15, 0.2) is 0 Å². The molecule has 0 aliphatic carbocycles. The lowest BCUT2D eigenvalue weighted by Gasteiger charge is -2.24. The Kier molecular flexibility index (Phi) is 5.18. The minimum absolute atomic E-state index is 0.0952. The van der Waals surface area contributed by atoms with Crippen LogP contribution in [0.3, 0.4) is 0 Å². The van der Waals surface area contributed by atoms with Crippen LogP contribution in [0.15, 0.2) is 22.6 Å². The summed E-state index contributed by atoms with van der Waals surface area (Å²) < 4.78 is 16.0. The molecule has 1 saturated heterocycles. The largest absolute Gasteiger partial charge is 0.495 e. The van der Waals surface area contributed by atoms with E-state index in [0.29, 0.717) is 41.9 Å². The molecule has 0 spiro atoms. The van der Waals surface area contributed by atoms with Crippen molar-refractivity contribution in [1.82, 2.24) is 15.1 Å². The number of benzene rings is 1. The number of amides is 2. The average molecular weight is 346 g/mol. The van der Waals surface area contributed by atoms with Crippen molar-refractivity contribution < 1.29 is 18.7 Å². The fourth-order valence-corrected chi connectivity index (χ4v) is 3.01. The second kappa shape index (κ2) is 7.52. The van der Waals surface area contributed by atoms with Gasteiger partial charge in [0.1, 0.15) is 5.75 Å². The zero-order valence-corrected chi connectivity index (χ0v) is 14.6. The summed E-state index contributed by atoms with van der Waals surface area (Å²) in [6.45, 7) is 2.97. The quantitative estimate of drug-likeness (QED) is 0.895. The van der Waals surface area contributed by atoms with E-state index in [1.165, 1.54) is 0 Å². The van der Waals surface area contributed by atoms with Crippen molar-refractivity contribution in [1.29, 1.82) is 0 Å². The van der Waals surface area contributed by atoms with Crippen LogP contribution in [-0.2, 0) is 4.74 Å². The minimum atomic E-state index is -0.170. The molecule has 0 radical (unpaired) electrons. The highest BCUT2D eigenvalue weighted by atomic mass is 16.5. The molecule has 134 valence electrons. The highest BCUT2D eigenvalue weighted by molar-refractivity contribution is 5.92. The Hall–Kier alpha value is -2.61. The van der Waals surface area contributed by atoms with Gasteiger partial charge in [0.25, 0.3) is 0 Å². The fourth-order valence-electron chi connectivity index (χ4n) is 3.01. The van der Waals surface area contributed by atoms with Crippen LogP contribution in [0.2, 0.25) is 0 Å². The molecule has 1 aliphatic heterocycles. The molecule has 1 N–H and O–H groups in total. The van der Waals surface area contributed by atoms with E-state index in [1.54, 1.807) is 38.2 Å². The Morgan fingerprint density at radius 3 is 2.92 bits per heavy atom. The molecule has 1 atom stereocenters. The number of hydrogen-bond acceptors (Lipinski definition) is 6. The van der Waals surface area contributed by atoms with Crippen LogP contribution in [0.4, 0.5) is 10.5 Å². The van der Waals surface area contributed by atoms with E-state index in [-0.39, 0.29) is 12.1 Å². The summed E-state index contributed by atoms with van der Waals surface area (Å²) in [7, 11) is 3.21. The van der Waals surface area contributed by atoms with Crippen molar-refractivity contribution in [2.45, 2.75) is 25.8 Å². The van der Waals surface area contributed by atoms with Crippen LogP contribution >= 0.6 is 0 Å². The Balaban J connectivity index is 1.81. The van der Waals surface area contributed by atoms with Gasteiger partial charge in [0, 0.05) is 26.1 Å². The van der Waals surface area contributed by atoms with E-state index in [9.17, 15) is 4.79 Å². The third-order valence-electron chi connectivity index (χ3n) is 4.21. The number of ether oxygens (including phenoxy) is 2. The van der Waals surface area contributed by atoms with Crippen LogP contribution in [0, 0.1) is 6.92 Å². The second-order valence-corrected chi connectivity index (χ2v) is 5.92. The van der Waals surface area contributed by atoms with Crippen LogP contribution in [0.5, 0.6) is 5.75 Å². The number of anilines is 1. The SMILES string of the molecule is COC[C@@H]1CCCN1C(=O)Nc1cc(-c2nnc(C)o2)ccc1OC. The van der Waals surface area contributed by atoms with E-state index in [1.807, 2.05) is 6.07 Å². The smallest absolute Gasteiger partial charge is 0.322 e. The third-order valence-corrected chi connectivity index (χ3v) is 4.21. The maximum atomic E-state index is 12.7. The Morgan fingerprint density at radius 2 is 2.24 bits per heavy atom. The molecular formula is C17H22N4O4. The summed E-state index contributed by atoms with van der Waals surface area (Å²) in [5.41, 5.74) is 1.27. The van der Waals surface area contributed by atoms with Gasteiger partial charge in [-0.15, -0.1) is 10.2 Å². The van der Waals surface area contributed by atoms with Gasteiger partial charge < -0.3 is 24.1 Å². The van der Waals surface area contributed by atoms with Crippen molar-refractivity contribution in [2.24, 2.45) is 0 Å². The number of carbonyl (C=O) groups excluding carboxylic acids is 1. The number of rotatable bonds is 5. The Morgan fingerprint density at radius 1 is 1.40 bits per heavy atom. The zero-order chi connectivity index (χ0) is 17.8. The number of aromatic nitrogens is 2. The van der Waals surface area contributed by atoms with Crippen LogP contribution < -0.4 is 10.1 Å². The average Bonchev–Trinajstić information content (AvgIpc) is 3.24. The molecule has 2 heterocycles. The number of aryl methyl sites for hydroxylation is 1. The van der Waals surface area contributed by atoms with Crippen LogP contribution in [-0.4, -0.2) is 54.5 Å². The first-order valence-electron chi connectivity index (χ1n) is 8.17. The fraction of sp³-hybridized carbons (Fsp3) is 0.471. The predicted octanol–water partition coefficient (Wildman–Crippen LogP) is 2.70. The van der Waals surface area contributed by atoms with Gasteiger partial charge in [0.2, 0.25) is 11.8 Å². The molecule has 1 aromatic carbocycles. The number of methoxy groups -OCH3 is 2. The van der Waals surface area contributed by atoms with Gasteiger partial charge in [-0.25, -0.2) is 4.79 Å². The lowest BCUT2D eigenvalue weighted by Crippen LogP contribution is -2.40. The molecule has 25 heavy (non-hydrogen) atoms. The molecule has 0 bridgehead atoms. The molecular weight excluding hydrogens is 324 g/mol. The second-order valence-electron chi connectivity index (χ2n) is 5.92. The first kappa shape index (κ1) is 17.2. The first-order valence-corrected chi connectivity index (χ1v) is 8.17. The highest BCUT2D eigenvalue weighted by Gasteiger charge is 2.29. The molecule has 1 aliphatic rings. The summed E-state index contributed by atoms with van der Waals surface area (Å²) >= 11 is 0. The van der Waals surface area contributed by atoms with E-state index >= 15 is 0 Å². The Bertz CT molecular complexity index is 746. The molecule has 0 saturated carbocycles. The van der Waals surface area contributed by atoms with E-state index in [4.69, 9.17) is 13.9 Å². The number of carbonyl (C=O) groups is 1. The number of nitrogens with zero attached hydrogens (tertiary/aromatic N) is 3. The molecule has 2 amide bonds. The van der Waals surface area contributed by atoms with E-state index < -0.39 is 0 Å². The molecule has 2 aromatic rings. The molecule has 8 heteroatoms. The summed E-state index contributed by atoms with van der Waals surface area (Å²) in [4.78, 5) is 14.5. The van der Waals surface area contributed by atoms with Crippen molar-refractivity contribution in [3.05, 3.63) is 24.1 Å². The van der Waals surface area contributed by atoms with Gasteiger partial charge in [-0.05, 0) is 31.0 Å². The minimum Gasteiger partial charge on any atom is -0.495 e. The van der Waals surface area contributed by atoms with E-state index in [0.717, 1.165) is 12.8 Å². The van der Waals surface area contributed by atoms with Crippen LogP contribution in [0.25, 0.3) is 11.5 Å². The highest BCUT2D eigenvalue weighted by Crippen LogP contribution is 2.31. The summed E-state index contributed by atoms with van der Waals surface area (Å²) in [6.07, 6.45) is 1.92. The predicted molar refractivity (Wildman–Crippen MR) is 91.6 cm³/mol. The summed E-state index contributed by atoms with van der Waals surface area (Å²) in [6, 6.07) is 5.27. The van der Waals surface area contributed by atoms with Gasteiger partial charge in [-0.2, -0.15) is 0 Å². The number of hydrogen-bond donors (Lipinski definition) is 1. The molecule has 1 fully saturated rings. The molecule has 3 rings (SSSR count). The standard InChI is InChI=1S/C17H22N4O4/c1-11-19-20-16(25-11)12-6-7-15(24-3)14(9-12)18-17(22)21-8-4-5-13(21)10-23-2/h6-7,9,13H,4-5,8,10H2,1-3H3,(H,18,22)/t13-/m0/s1. The first-order chi connectivity index (χ1) is 12.1. The van der Waals surface area contributed by atoms with Gasteiger partial charge >= 0.3 is 6.03 Å². The van der Waals surface area contributed by atoms with Crippen molar-refractivity contribution in [3.63, 3.8) is 0 Å². The number of urea groups is 1. The van der Waals surface area contributed by atoms with Crippen LogP contribution in [0.1, 0.15) is 18.7 Å². The Labute approximate surface area is 146 Å². The van der Waals surface area contributed by atoms with Crippen molar-refractivity contribution >= 4 is 11.7 Å². The topological polar surface area (TPSA) is 89.7 Å². The van der Waals surface area contributed by atoms with Gasteiger partial charge in [-0.3, -0.25) is 0 Å². The molecule has 0 unspecified atom stereocenters. The zero-order valence-electron chi connectivity index (χ0n) is 14.6. The van der Waals surface area contributed by atoms with Crippen molar-refractivity contribution in [3.8, 4) is 17.2 Å². The number of nitrogens with one attached hydrogen (secondary N) is 1. The maximum Gasteiger partial charge on any atom is 0.322 e. The summed E-state index contributed by atoms with van der Waals surface area (Å²) in [5, 5.41) is 10.8. The lowest BCUT2D eigenvalue weighted by molar-refractivity contribution is 0.128. The van der Waals surface area contributed by atoms with Gasteiger partial charge in [-0.1, -0.05) is 0 Å².